The Hall–Kier alpha value is -0.830. The molecule has 1 heterocycles. The summed E-state index contributed by atoms with van der Waals surface area (Å²) in [6.45, 7) is 1.93. The normalized spacial score (nSPS) is 12.7. The number of benzene rings is 1. The van der Waals surface area contributed by atoms with E-state index >= 15 is 0 Å². The second kappa shape index (κ2) is 4.35. The Bertz CT molecular complexity index is 450. The van der Waals surface area contributed by atoms with Crippen LogP contribution in [0.1, 0.15) is 22.1 Å². The minimum atomic E-state index is -0.566. The second-order valence-corrected chi connectivity index (χ2v) is 4.70. The number of halogens is 1. The number of aliphatic hydroxyl groups excluding tert-OH is 1. The predicted octanol–water partition coefficient (Wildman–Crippen LogP) is 3.79. The molecule has 0 aliphatic rings. The maximum absolute atomic E-state index is 10.1. The molecule has 0 aliphatic carbocycles. The minimum Gasteiger partial charge on any atom is -0.383 e. The first-order valence-electron chi connectivity index (χ1n) is 4.66. The van der Waals surface area contributed by atoms with E-state index < -0.39 is 6.10 Å². The van der Waals surface area contributed by atoms with Crippen molar-refractivity contribution in [2.75, 3.05) is 0 Å². The van der Waals surface area contributed by atoms with Gasteiger partial charge in [-0.15, -0.1) is 11.3 Å². The lowest BCUT2D eigenvalue weighted by Gasteiger charge is -2.10. The van der Waals surface area contributed by atoms with E-state index in [0.717, 1.165) is 21.0 Å². The molecular formula is C12H11ClOS. The average Bonchev–Trinajstić information content (AvgIpc) is 2.60. The van der Waals surface area contributed by atoms with E-state index in [1.807, 2.05) is 42.6 Å². The summed E-state index contributed by atoms with van der Waals surface area (Å²) in [6.07, 6.45) is -0.566. The molecule has 1 nitrogen and oxygen atoms in total. The van der Waals surface area contributed by atoms with E-state index in [1.165, 1.54) is 11.3 Å². The first kappa shape index (κ1) is 10.7. The van der Waals surface area contributed by atoms with E-state index in [0.29, 0.717) is 0 Å². The standard InChI is InChI=1S/C12H11ClOS/c1-8-10(13)7-15-12(8)11(14)9-5-3-2-4-6-9/h2-7,11,14H,1H3. The fraction of sp³-hybridized carbons (Fsp3) is 0.167. The zero-order chi connectivity index (χ0) is 10.8. The van der Waals surface area contributed by atoms with Crippen LogP contribution in [0.25, 0.3) is 0 Å². The maximum atomic E-state index is 10.1. The van der Waals surface area contributed by atoms with Crippen molar-refractivity contribution in [3.8, 4) is 0 Å². The second-order valence-electron chi connectivity index (χ2n) is 3.39. The van der Waals surface area contributed by atoms with Crippen molar-refractivity contribution >= 4 is 22.9 Å². The van der Waals surface area contributed by atoms with Crippen molar-refractivity contribution in [2.24, 2.45) is 0 Å². The van der Waals surface area contributed by atoms with E-state index in [-0.39, 0.29) is 0 Å². The van der Waals surface area contributed by atoms with Crippen LogP contribution < -0.4 is 0 Å². The average molecular weight is 239 g/mol. The molecule has 1 atom stereocenters. The SMILES string of the molecule is Cc1c(Cl)csc1C(O)c1ccccc1. The van der Waals surface area contributed by atoms with Crippen LogP contribution in [0.2, 0.25) is 5.02 Å². The quantitative estimate of drug-likeness (QED) is 0.844. The van der Waals surface area contributed by atoms with Gasteiger partial charge in [0.2, 0.25) is 0 Å². The molecule has 78 valence electrons. The van der Waals surface area contributed by atoms with Crippen molar-refractivity contribution in [3.63, 3.8) is 0 Å². The van der Waals surface area contributed by atoms with Crippen molar-refractivity contribution < 1.29 is 5.11 Å². The molecule has 1 aromatic carbocycles. The molecule has 0 radical (unpaired) electrons. The number of rotatable bonds is 2. The van der Waals surface area contributed by atoms with E-state index in [9.17, 15) is 5.11 Å². The Morgan fingerprint density at radius 3 is 2.47 bits per heavy atom. The van der Waals surface area contributed by atoms with Crippen molar-refractivity contribution in [1.82, 2.24) is 0 Å². The lowest BCUT2D eigenvalue weighted by Crippen LogP contribution is -1.98. The fourth-order valence-corrected chi connectivity index (χ4v) is 2.72. The van der Waals surface area contributed by atoms with Gasteiger partial charge in [-0.3, -0.25) is 0 Å². The Labute approximate surface area is 98.0 Å². The molecule has 0 saturated carbocycles. The molecule has 0 amide bonds. The number of hydrogen-bond donors (Lipinski definition) is 1. The summed E-state index contributed by atoms with van der Waals surface area (Å²) in [5.74, 6) is 0. The molecule has 0 spiro atoms. The molecule has 1 unspecified atom stereocenters. The van der Waals surface area contributed by atoms with Crippen LogP contribution in [0.15, 0.2) is 35.7 Å². The van der Waals surface area contributed by atoms with Gasteiger partial charge in [0.15, 0.2) is 0 Å². The molecule has 0 fully saturated rings. The number of hydrogen-bond acceptors (Lipinski definition) is 2. The topological polar surface area (TPSA) is 20.2 Å². The van der Waals surface area contributed by atoms with Crippen LogP contribution in [0, 0.1) is 6.92 Å². The van der Waals surface area contributed by atoms with Crippen molar-refractivity contribution in [1.29, 1.82) is 0 Å². The summed E-state index contributed by atoms with van der Waals surface area (Å²) < 4.78 is 0. The summed E-state index contributed by atoms with van der Waals surface area (Å²) in [4.78, 5) is 0.922. The van der Waals surface area contributed by atoms with Crippen molar-refractivity contribution in [3.05, 3.63) is 56.7 Å². The van der Waals surface area contributed by atoms with Crippen LogP contribution in [-0.4, -0.2) is 5.11 Å². The van der Waals surface area contributed by atoms with Gasteiger partial charge in [0.05, 0.1) is 5.02 Å². The maximum Gasteiger partial charge on any atom is 0.113 e. The highest BCUT2D eigenvalue weighted by molar-refractivity contribution is 7.10. The molecule has 2 rings (SSSR count). The monoisotopic (exact) mass is 238 g/mol. The van der Waals surface area contributed by atoms with E-state index in [4.69, 9.17) is 11.6 Å². The van der Waals surface area contributed by atoms with Crippen LogP contribution in [0.3, 0.4) is 0 Å². The van der Waals surface area contributed by atoms with Gasteiger partial charge in [-0.25, -0.2) is 0 Å². The highest BCUT2D eigenvalue weighted by atomic mass is 35.5. The Morgan fingerprint density at radius 2 is 1.93 bits per heavy atom. The van der Waals surface area contributed by atoms with Gasteiger partial charge < -0.3 is 5.11 Å². The third-order valence-corrected chi connectivity index (χ3v) is 4.04. The van der Waals surface area contributed by atoms with Crippen LogP contribution in [0.4, 0.5) is 0 Å². The predicted molar refractivity (Wildman–Crippen MR) is 64.6 cm³/mol. The lowest BCUT2D eigenvalue weighted by atomic mass is 10.1. The highest BCUT2D eigenvalue weighted by Crippen LogP contribution is 2.34. The Morgan fingerprint density at radius 1 is 1.27 bits per heavy atom. The molecule has 0 bridgehead atoms. The molecule has 2 aromatic rings. The molecule has 1 aromatic heterocycles. The molecule has 0 saturated heterocycles. The zero-order valence-electron chi connectivity index (χ0n) is 8.27. The van der Waals surface area contributed by atoms with Gasteiger partial charge >= 0.3 is 0 Å². The smallest absolute Gasteiger partial charge is 0.113 e. The van der Waals surface area contributed by atoms with Crippen molar-refractivity contribution in [2.45, 2.75) is 13.0 Å². The lowest BCUT2D eigenvalue weighted by molar-refractivity contribution is 0.223. The third-order valence-electron chi connectivity index (χ3n) is 2.38. The zero-order valence-corrected chi connectivity index (χ0v) is 9.85. The molecule has 15 heavy (non-hydrogen) atoms. The summed E-state index contributed by atoms with van der Waals surface area (Å²) in [6, 6.07) is 9.60. The first-order chi connectivity index (χ1) is 7.20. The van der Waals surface area contributed by atoms with Gasteiger partial charge in [0, 0.05) is 10.3 Å². The molecule has 0 aliphatic heterocycles. The molecule has 1 N–H and O–H groups in total. The van der Waals surface area contributed by atoms with Crippen LogP contribution >= 0.6 is 22.9 Å². The van der Waals surface area contributed by atoms with E-state index in [2.05, 4.69) is 0 Å². The molecule has 3 heteroatoms. The van der Waals surface area contributed by atoms with E-state index in [1.54, 1.807) is 0 Å². The Kier molecular flexibility index (Phi) is 3.10. The number of aliphatic hydroxyl groups is 1. The fourth-order valence-electron chi connectivity index (χ4n) is 1.47. The highest BCUT2D eigenvalue weighted by Gasteiger charge is 2.15. The summed E-state index contributed by atoms with van der Waals surface area (Å²) in [7, 11) is 0. The summed E-state index contributed by atoms with van der Waals surface area (Å²) in [5.41, 5.74) is 1.87. The van der Waals surface area contributed by atoms with Gasteiger partial charge in [0.1, 0.15) is 6.10 Å². The third kappa shape index (κ3) is 2.07. The summed E-state index contributed by atoms with van der Waals surface area (Å²) in [5, 5.41) is 12.7. The van der Waals surface area contributed by atoms with Gasteiger partial charge in [-0.1, -0.05) is 41.9 Å². The molecular weight excluding hydrogens is 228 g/mol. The van der Waals surface area contributed by atoms with Gasteiger partial charge in [-0.05, 0) is 18.1 Å². The van der Waals surface area contributed by atoms with Gasteiger partial charge in [0.25, 0.3) is 0 Å². The first-order valence-corrected chi connectivity index (χ1v) is 5.92. The summed E-state index contributed by atoms with van der Waals surface area (Å²) >= 11 is 7.46. The number of thiophene rings is 1. The van der Waals surface area contributed by atoms with Crippen LogP contribution in [0.5, 0.6) is 0 Å². The van der Waals surface area contributed by atoms with Crippen LogP contribution in [-0.2, 0) is 0 Å². The van der Waals surface area contributed by atoms with Gasteiger partial charge in [-0.2, -0.15) is 0 Å². The largest absolute Gasteiger partial charge is 0.383 e. The Balaban J connectivity index is 2.37. The minimum absolute atomic E-state index is 0.566.